The Labute approximate surface area is 102 Å². The number of hydrogen-bond acceptors (Lipinski definition) is 4. The van der Waals surface area contributed by atoms with Crippen LogP contribution in [0.25, 0.3) is 0 Å². The summed E-state index contributed by atoms with van der Waals surface area (Å²) in [6.07, 6.45) is 3.48. The summed E-state index contributed by atoms with van der Waals surface area (Å²) in [4.78, 5) is 11.5. The summed E-state index contributed by atoms with van der Waals surface area (Å²) in [5.74, 6) is 0. The van der Waals surface area contributed by atoms with E-state index in [0.29, 0.717) is 11.9 Å². The predicted molar refractivity (Wildman–Crippen MR) is 65.3 cm³/mol. The average Bonchev–Trinajstić information content (AvgIpc) is 2.14. The second kappa shape index (κ2) is 5.55. The fourth-order valence-corrected chi connectivity index (χ4v) is 1.74. The van der Waals surface area contributed by atoms with Gasteiger partial charge in [-0.2, -0.15) is 0 Å². The Hall–Kier alpha value is -1.01. The van der Waals surface area contributed by atoms with E-state index in [9.17, 15) is 4.79 Å². The lowest BCUT2D eigenvalue weighted by Gasteiger charge is -2.25. The number of rotatable bonds is 2. The second-order valence-electron chi connectivity index (χ2n) is 5.26. The molecule has 1 amide bonds. The van der Waals surface area contributed by atoms with E-state index >= 15 is 0 Å². The number of alkyl carbamates (subject to hydrolysis) is 1. The summed E-state index contributed by atoms with van der Waals surface area (Å²) in [5, 5.41) is 20.8. The molecular weight excluding hydrogens is 221 g/mol. The number of hydrogen-bond donors (Lipinski definition) is 3. The fourth-order valence-electron chi connectivity index (χ4n) is 1.74. The SMILES string of the molecule is CC(C)(C)OC(=O)NC1C=C(B(O)O)CCC1. The van der Waals surface area contributed by atoms with Gasteiger partial charge in [0.05, 0.1) is 6.04 Å². The maximum Gasteiger partial charge on any atom is 0.483 e. The first kappa shape index (κ1) is 14.1. The zero-order valence-corrected chi connectivity index (χ0v) is 10.6. The zero-order valence-electron chi connectivity index (χ0n) is 10.6. The highest BCUT2D eigenvalue weighted by atomic mass is 16.6. The van der Waals surface area contributed by atoms with E-state index in [1.165, 1.54) is 0 Å². The molecule has 96 valence electrons. The molecule has 1 unspecified atom stereocenters. The predicted octanol–water partition coefficient (Wildman–Crippen LogP) is 1.00. The lowest BCUT2D eigenvalue weighted by atomic mass is 9.73. The third-order valence-corrected chi connectivity index (χ3v) is 2.43. The highest BCUT2D eigenvalue weighted by Gasteiger charge is 2.24. The molecule has 1 aliphatic carbocycles. The molecule has 0 aromatic carbocycles. The standard InChI is InChI=1S/C11H20BNO4/c1-11(2,3)17-10(14)13-9-6-4-5-8(7-9)12(15)16/h7,9,15-16H,4-6H2,1-3H3,(H,13,14). The van der Waals surface area contributed by atoms with Gasteiger partial charge in [-0.1, -0.05) is 6.08 Å². The summed E-state index contributed by atoms with van der Waals surface area (Å²) in [6.45, 7) is 5.39. The Morgan fingerprint density at radius 3 is 2.71 bits per heavy atom. The van der Waals surface area contributed by atoms with E-state index in [0.717, 1.165) is 12.8 Å². The van der Waals surface area contributed by atoms with E-state index in [1.54, 1.807) is 26.8 Å². The van der Waals surface area contributed by atoms with Crippen LogP contribution in [0.15, 0.2) is 11.5 Å². The number of nitrogens with one attached hydrogen (secondary N) is 1. The first-order chi connectivity index (χ1) is 7.78. The molecule has 0 saturated carbocycles. The zero-order chi connectivity index (χ0) is 13.1. The van der Waals surface area contributed by atoms with E-state index in [-0.39, 0.29) is 6.04 Å². The molecule has 0 aromatic rings. The molecule has 3 N–H and O–H groups in total. The Bertz CT molecular complexity index is 309. The summed E-state index contributed by atoms with van der Waals surface area (Å²) in [6, 6.07) is -0.185. The molecule has 0 bridgehead atoms. The van der Waals surface area contributed by atoms with Gasteiger partial charge in [-0.05, 0) is 45.5 Å². The molecule has 0 aliphatic heterocycles. The van der Waals surface area contributed by atoms with Gasteiger partial charge in [0.2, 0.25) is 0 Å². The van der Waals surface area contributed by atoms with Crippen molar-refractivity contribution in [2.45, 2.75) is 51.7 Å². The van der Waals surface area contributed by atoms with Crippen molar-refractivity contribution in [1.29, 1.82) is 0 Å². The average molecular weight is 241 g/mol. The lowest BCUT2D eigenvalue weighted by molar-refractivity contribution is 0.0511. The minimum absolute atomic E-state index is 0.185. The molecule has 1 atom stereocenters. The normalized spacial score (nSPS) is 20.5. The smallest absolute Gasteiger partial charge is 0.444 e. The van der Waals surface area contributed by atoms with Crippen LogP contribution >= 0.6 is 0 Å². The Kier molecular flexibility index (Phi) is 4.59. The number of carbonyl (C=O) groups is 1. The van der Waals surface area contributed by atoms with Gasteiger partial charge < -0.3 is 20.1 Å². The molecule has 6 heteroatoms. The molecule has 0 saturated heterocycles. The molecule has 0 heterocycles. The van der Waals surface area contributed by atoms with E-state index < -0.39 is 18.8 Å². The van der Waals surface area contributed by atoms with Crippen LogP contribution in [0.3, 0.4) is 0 Å². The lowest BCUT2D eigenvalue weighted by Crippen LogP contribution is -2.40. The van der Waals surface area contributed by atoms with Crippen LogP contribution < -0.4 is 5.32 Å². The van der Waals surface area contributed by atoms with Crippen LogP contribution in [0.2, 0.25) is 0 Å². The van der Waals surface area contributed by atoms with Gasteiger partial charge in [-0.15, -0.1) is 0 Å². The van der Waals surface area contributed by atoms with Gasteiger partial charge in [0.15, 0.2) is 0 Å². The van der Waals surface area contributed by atoms with E-state index in [2.05, 4.69) is 5.32 Å². The number of carbonyl (C=O) groups excluding carboxylic acids is 1. The molecule has 1 aliphatic rings. The highest BCUT2D eigenvalue weighted by molar-refractivity contribution is 6.50. The van der Waals surface area contributed by atoms with Crippen molar-refractivity contribution in [2.75, 3.05) is 0 Å². The van der Waals surface area contributed by atoms with Crippen LogP contribution in [-0.2, 0) is 4.74 Å². The highest BCUT2D eigenvalue weighted by Crippen LogP contribution is 2.19. The maximum atomic E-state index is 11.5. The van der Waals surface area contributed by atoms with E-state index in [4.69, 9.17) is 14.8 Å². The molecule has 1 rings (SSSR count). The van der Waals surface area contributed by atoms with Gasteiger partial charge in [0.1, 0.15) is 5.60 Å². The molecule has 0 spiro atoms. The molecule has 0 fully saturated rings. The first-order valence-electron chi connectivity index (χ1n) is 5.84. The van der Waals surface area contributed by atoms with Gasteiger partial charge in [0.25, 0.3) is 0 Å². The third-order valence-electron chi connectivity index (χ3n) is 2.43. The van der Waals surface area contributed by atoms with Crippen molar-refractivity contribution in [3.8, 4) is 0 Å². The quantitative estimate of drug-likeness (QED) is 0.630. The minimum atomic E-state index is -1.43. The Morgan fingerprint density at radius 1 is 1.53 bits per heavy atom. The van der Waals surface area contributed by atoms with Crippen LogP contribution in [-0.4, -0.2) is 34.9 Å². The van der Waals surface area contributed by atoms with Gasteiger partial charge in [-0.25, -0.2) is 4.79 Å². The van der Waals surface area contributed by atoms with Gasteiger partial charge in [0, 0.05) is 0 Å². The monoisotopic (exact) mass is 241 g/mol. The summed E-state index contributed by atoms with van der Waals surface area (Å²) >= 11 is 0. The minimum Gasteiger partial charge on any atom is -0.444 e. The topological polar surface area (TPSA) is 78.8 Å². The number of allylic oxidation sites excluding steroid dienone is 1. The van der Waals surface area contributed by atoms with Crippen molar-refractivity contribution in [3.05, 3.63) is 11.5 Å². The molecule has 0 radical (unpaired) electrons. The first-order valence-corrected chi connectivity index (χ1v) is 5.84. The molecule has 5 nitrogen and oxygen atoms in total. The van der Waals surface area contributed by atoms with Gasteiger partial charge >= 0.3 is 13.2 Å². The van der Waals surface area contributed by atoms with Crippen molar-refractivity contribution in [1.82, 2.24) is 5.32 Å². The van der Waals surface area contributed by atoms with Crippen molar-refractivity contribution < 1.29 is 19.6 Å². The van der Waals surface area contributed by atoms with Crippen molar-refractivity contribution in [3.63, 3.8) is 0 Å². The van der Waals surface area contributed by atoms with Gasteiger partial charge in [-0.3, -0.25) is 0 Å². The van der Waals surface area contributed by atoms with Crippen LogP contribution in [0.4, 0.5) is 4.79 Å². The third kappa shape index (κ3) is 5.23. The van der Waals surface area contributed by atoms with Crippen LogP contribution in [0.5, 0.6) is 0 Å². The van der Waals surface area contributed by atoms with Crippen molar-refractivity contribution in [2.24, 2.45) is 0 Å². The largest absolute Gasteiger partial charge is 0.483 e. The summed E-state index contributed by atoms with van der Waals surface area (Å²) in [5.41, 5.74) is 0.0271. The molecule has 17 heavy (non-hydrogen) atoms. The Morgan fingerprint density at radius 2 is 2.18 bits per heavy atom. The summed E-state index contributed by atoms with van der Waals surface area (Å²) < 4.78 is 5.13. The maximum absolute atomic E-state index is 11.5. The fraction of sp³-hybridized carbons (Fsp3) is 0.727. The number of ether oxygens (including phenoxy) is 1. The number of amides is 1. The van der Waals surface area contributed by atoms with E-state index in [1.807, 2.05) is 0 Å². The van der Waals surface area contributed by atoms with Crippen LogP contribution in [0, 0.1) is 0 Å². The van der Waals surface area contributed by atoms with Crippen LogP contribution in [0.1, 0.15) is 40.0 Å². The molecule has 0 aromatic heterocycles. The molecular formula is C11H20BNO4. The summed E-state index contributed by atoms with van der Waals surface area (Å²) in [7, 11) is -1.43. The Balaban J connectivity index is 2.52. The van der Waals surface area contributed by atoms with Crippen molar-refractivity contribution >= 4 is 13.2 Å². The second-order valence-corrected chi connectivity index (χ2v) is 5.26.